The van der Waals surface area contributed by atoms with Gasteiger partial charge >= 0.3 is 0 Å². The van der Waals surface area contributed by atoms with Crippen LogP contribution in [0.5, 0.6) is 0 Å². The summed E-state index contributed by atoms with van der Waals surface area (Å²) in [6.07, 6.45) is 3.31. The van der Waals surface area contributed by atoms with Crippen LogP contribution >= 0.6 is 0 Å². The molecule has 3 aromatic rings. The van der Waals surface area contributed by atoms with Crippen LogP contribution in [-0.2, 0) is 7.05 Å². The second-order valence-corrected chi connectivity index (χ2v) is 6.05. The minimum Gasteiger partial charge on any atom is -0.351 e. The van der Waals surface area contributed by atoms with E-state index in [0.717, 1.165) is 30.4 Å². The quantitative estimate of drug-likeness (QED) is 0.662. The van der Waals surface area contributed by atoms with Gasteiger partial charge in [0.2, 0.25) is 0 Å². The SMILES string of the molecule is Cc1nnc2ccc(N3CC(N(C)c4nccn(C)c4=O)C3)nn12. The van der Waals surface area contributed by atoms with Crippen LogP contribution < -0.4 is 15.4 Å². The largest absolute Gasteiger partial charge is 0.351 e. The number of nitrogens with zero attached hydrogens (tertiary/aromatic N) is 8. The molecule has 4 heterocycles. The van der Waals surface area contributed by atoms with Crippen molar-refractivity contribution < 1.29 is 0 Å². The molecule has 3 aromatic heterocycles. The van der Waals surface area contributed by atoms with Gasteiger partial charge in [-0.1, -0.05) is 0 Å². The smallest absolute Gasteiger partial charge is 0.293 e. The Morgan fingerprint density at radius 2 is 2.04 bits per heavy atom. The van der Waals surface area contributed by atoms with Gasteiger partial charge in [-0.15, -0.1) is 15.3 Å². The standard InChI is InChI=1S/C15H18N8O/c1-10-17-18-12-4-5-13(19-23(10)12)22-8-11(9-22)21(3)14-15(24)20(2)7-6-16-14/h4-7,11H,8-9H2,1-3H3. The Kier molecular flexibility index (Phi) is 3.22. The van der Waals surface area contributed by atoms with E-state index in [-0.39, 0.29) is 11.6 Å². The van der Waals surface area contributed by atoms with E-state index in [1.54, 1.807) is 28.5 Å². The molecule has 1 aliphatic heterocycles. The molecule has 9 heteroatoms. The number of fused-ring (bicyclic) bond motifs is 1. The van der Waals surface area contributed by atoms with E-state index in [4.69, 9.17) is 0 Å². The highest BCUT2D eigenvalue weighted by atomic mass is 16.1. The van der Waals surface area contributed by atoms with Gasteiger partial charge in [0.25, 0.3) is 5.56 Å². The average molecular weight is 326 g/mol. The summed E-state index contributed by atoms with van der Waals surface area (Å²) in [6, 6.07) is 4.08. The molecule has 4 rings (SSSR count). The summed E-state index contributed by atoms with van der Waals surface area (Å²) in [7, 11) is 3.64. The fraction of sp³-hybridized carbons (Fsp3) is 0.400. The average Bonchev–Trinajstić information content (AvgIpc) is 2.89. The van der Waals surface area contributed by atoms with Crippen LogP contribution in [0.2, 0.25) is 0 Å². The van der Waals surface area contributed by atoms with Crippen LogP contribution in [-0.4, -0.2) is 55.5 Å². The number of rotatable bonds is 3. The lowest BCUT2D eigenvalue weighted by molar-refractivity contribution is 0.484. The van der Waals surface area contributed by atoms with Crippen molar-refractivity contribution in [1.82, 2.24) is 29.4 Å². The first kappa shape index (κ1) is 14.6. The van der Waals surface area contributed by atoms with Crippen LogP contribution in [0.1, 0.15) is 5.82 Å². The molecule has 9 nitrogen and oxygen atoms in total. The van der Waals surface area contributed by atoms with Crippen molar-refractivity contribution >= 4 is 17.3 Å². The summed E-state index contributed by atoms with van der Waals surface area (Å²) in [5.74, 6) is 2.12. The molecule has 1 saturated heterocycles. The third kappa shape index (κ3) is 2.20. The van der Waals surface area contributed by atoms with Gasteiger partial charge in [-0.05, 0) is 19.1 Å². The van der Waals surface area contributed by atoms with Crippen molar-refractivity contribution in [1.29, 1.82) is 0 Å². The Hall–Kier alpha value is -2.97. The summed E-state index contributed by atoms with van der Waals surface area (Å²) in [5, 5.41) is 12.6. The second kappa shape index (κ2) is 5.29. The number of likely N-dealkylation sites (N-methyl/N-ethyl adjacent to an activating group) is 1. The summed E-state index contributed by atoms with van der Waals surface area (Å²) in [4.78, 5) is 20.5. The zero-order valence-corrected chi connectivity index (χ0v) is 13.8. The van der Waals surface area contributed by atoms with Gasteiger partial charge < -0.3 is 14.4 Å². The minimum atomic E-state index is -0.0851. The van der Waals surface area contributed by atoms with E-state index >= 15 is 0 Å². The van der Waals surface area contributed by atoms with E-state index in [1.807, 2.05) is 31.0 Å². The Labute approximate surface area is 138 Å². The van der Waals surface area contributed by atoms with Crippen LogP contribution in [0.3, 0.4) is 0 Å². The molecule has 0 spiro atoms. The number of anilines is 2. The second-order valence-electron chi connectivity index (χ2n) is 6.05. The third-order valence-corrected chi connectivity index (χ3v) is 4.47. The highest BCUT2D eigenvalue weighted by Gasteiger charge is 2.33. The van der Waals surface area contributed by atoms with E-state index < -0.39 is 0 Å². The van der Waals surface area contributed by atoms with Crippen molar-refractivity contribution in [3.8, 4) is 0 Å². The van der Waals surface area contributed by atoms with Gasteiger partial charge in [0.1, 0.15) is 5.82 Å². The first-order chi connectivity index (χ1) is 11.5. The molecule has 1 aliphatic rings. The third-order valence-electron chi connectivity index (χ3n) is 4.47. The lowest BCUT2D eigenvalue weighted by atomic mass is 10.1. The Morgan fingerprint density at radius 1 is 1.25 bits per heavy atom. The minimum absolute atomic E-state index is 0.0851. The molecular weight excluding hydrogens is 308 g/mol. The molecular formula is C15H18N8O. The van der Waals surface area contributed by atoms with Gasteiger partial charge in [0.15, 0.2) is 17.3 Å². The van der Waals surface area contributed by atoms with Crippen LogP contribution in [0, 0.1) is 6.92 Å². The van der Waals surface area contributed by atoms with Crippen molar-refractivity contribution in [2.45, 2.75) is 13.0 Å². The van der Waals surface area contributed by atoms with E-state index in [9.17, 15) is 4.79 Å². The Balaban J connectivity index is 1.51. The van der Waals surface area contributed by atoms with Gasteiger partial charge in [-0.3, -0.25) is 4.79 Å². The molecule has 0 radical (unpaired) electrons. The molecule has 0 aliphatic carbocycles. The Morgan fingerprint density at radius 3 is 2.83 bits per heavy atom. The Bertz CT molecular complexity index is 956. The lowest BCUT2D eigenvalue weighted by Gasteiger charge is -2.44. The molecule has 0 saturated carbocycles. The maximum atomic E-state index is 12.2. The van der Waals surface area contributed by atoms with E-state index in [0.29, 0.717) is 5.82 Å². The lowest BCUT2D eigenvalue weighted by Crippen LogP contribution is -2.60. The van der Waals surface area contributed by atoms with Crippen LogP contribution in [0.15, 0.2) is 29.3 Å². The molecule has 124 valence electrons. The number of hydrogen-bond acceptors (Lipinski definition) is 7. The van der Waals surface area contributed by atoms with Gasteiger partial charge in [-0.2, -0.15) is 4.52 Å². The van der Waals surface area contributed by atoms with Gasteiger partial charge in [0.05, 0.1) is 6.04 Å². The molecule has 24 heavy (non-hydrogen) atoms. The van der Waals surface area contributed by atoms with E-state index in [2.05, 4.69) is 25.2 Å². The van der Waals surface area contributed by atoms with Crippen molar-refractivity contribution in [2.75, 3.05) is 29.9 Å². The molecule has 0 unspecified atom stereocenters. The van der Waals surface area contributed by atoms with Crippen LogP contribution in [0.25, 0.3) is 5.65 Å². The topological polar surface area (TPSA) is 84.5 Å². The van der Waals surface area contributed by atoms with Gasteiger partial charge in [0, 0.05) is 39.6 Å². The zero-order chi connectivity index (χ0) is 16.8. The van der Waals surface area contributed by atoms with Crippen molar-refractivity contribution in [3.05, 3.63) is 40.7 Å². The number of aromatic nitrogens is 6. The number of hydrogen-bond donors (Lipinski definition) is 0. The molecule has 0 amide bonds. The molecule has 0 bridgehead atoms. The molecule has 1 fully saturated rings. The summed E-state index contributed by atoms with van der Waals surface area (Å²) in [6.45, 7) is 3.45. The first-order valence-electron chi connectivity index (χ1n) is 7.73. The van der Waals surface area contributed by atoms with Crippen LogP contribution in [0.4, 0.5) is 11.6 Å². The maximum absolute atomic E-state index is 12.2. The van der Waals surface area contributed by atoms with Gasteiger partial charge in [-0.25, -0.2) is 4.98 Å². The summed E-state index contributed by atoms with van der Waals surface area (Å²) < 4.78 is 3.28. The highest BCUT2D eigenvalue weighted by Crippen LogP contribution is 2.23. The maximum Gasteiger partial charge on any atom is 0.293 e. The van der Waals surface area contributed by atoms with E-state index in [1.165, 1.54) is 0 Å². The predicted octanol–water partition coefficient (Wildman–Crippen LogP) is -0.149. The normalized spacial score (nSPS) is 14.9. The zero-order valence-electron chi connectivity index (χ0n) is 13.8. The monoisotopic (exact) mass is 326 g/mol. The fourth-order valence-corrected chi connectivity index (χ4v) is 2.84. The molecule has 0 atom stereocenters. The summed E-state index contributed by atoms with van der Waals surface area (Å²) >= 11 is 0. The number of aryl methyl sites for hydroxylation is 2. The molecule has 0 aromatic carbocycles. The van der Waals surface area contributed by atoms with Crippen molar-refractivity contribution in [3.63, 3.8) is 0 Å². The summed E-state index contributed by atoms with van der Waals surface area (Å²) in [5.41, 5.74) is 0.653. The highest BCUT2D eigenvalue weighted by molar-refractivity contribution is 5.50. The first-order valence-corrected chi connectivity index (χ1v) is 7.73. The fourth-order valence-electron chi connectivity index (χ4n) is 2.84. The molecule has 0 N–H and O–H groups in total. The van der Waals surface area contributed by atoms with Crippen molar-refractivity contribution in [2.24, 2.45) is 7.05 Å². The predicted molar refractivity (Wildman–Crippen MR) is 89.4 cm³/mol.